The van der Waals surface area contributed by atoms with Crippen LogP contribution < -0.4 is 5.32 Å². The lowest BCUT2D eigenvalue weighted by Gasteiger charge is -2.07. The molecular weight excluding hydrogens is 216 g/mol. The molecular formula is C11H16N6. The van der Waals surface area contributed by atoms with Crippen LogP contribution in [0.2, 0.25) is 0 Å². The van der Waals surface area contributed by atoms with Crippen molar-refractivity contribution < 1.29 is 0 Å². The second-order valence-electron chi connectivity index (χ2n) is 3.68. The van der Waals surface area contributed by atoms with Gasteiger partial charge in [0.15, 0.2) is 11.6 Å². The van der Waals surface area contributed by atoms with Crippen LogP contribution in [0.3, 0.4) is 0 Å². The lowest BCUT2D eigenvalue weighted by Crippen LogP contribution is -2.05. The van der Waals surface area contributed by atoms with Gasteiger partial charge < -0.3 is 5.32 Å². The van der Waals surface area contributed by atoms with E-state index in [0.29, 0.717) is 11.6 Å². The average molecular weight is 232 g/mol. The summed E-state index contributed by atoms with van der Waals surface area (Å²) in [7, 11) is 0. The van der Waals surface area contributed by atoms with Crippen molar-refractivity contribution in [1.29, 1.82) is 0 Å². The molecule has 0 bridgehead atoms. The topological polar surface area (TPSA) is 79.4 Å². The van der Waals surface area contributed by atoms with Crippen LogP contribution in [0.1, 0.15) is 26.0 Å². The van der Waals surface area contributed by atoms with E-state index in [1.807, 2.05) is 6.07 Å². The van der Waals surface area contributed by atoms with E-state index < -0.39 is 0 Å². The van der Waals surface area contributed by atoms with Crippen LogP contribution in [0.5, 0.6) is 0 Å². The SMILES string of the molecule is CCCNc1cc(CC)nc(-c2ncn[nH]2)n1. The Morgan fingerprint density at radius 2 is 2.18 bits per heavy atom. The number of aromatic amines is 1. The number of anilines is 1. The van der Waals surface area contributed by atoms with Crippen molar-refractivity contribution in [2.75, 3.05) is 11.9 Å². The van der Waals surface area contributed by atoms with E-state index in [2.05, 4.69) is 44.3 Å². The Labute approximate surface area is 99.9 Å². The first-order chi connectivity index (χ1) is 8.33. The summed E-state index contributed by atoms with van der Waals surface area (Å²) in [4.78, 5) is 12.9. The van der Waals surface area contributed by atoms with E-state index >= 15 is 0 Å². The average Bonchev–Trinajstić information content (AvgIpc) is 2.89. The number of hydrogen-bond donors (Lipinski definition) is 2. The van der Waals surface area contributed by atoms with Gasteiger partial charge in [-0.05, 0) is 12.8 Å². The van der Waals surface area contributed by atoms with Gasteiger partial charge in [0.25, 0.3) is 0 Å². The van der Waals surface area contributed by atoms with Crippen LogP contribution in [0.4, 0.5) is 5.82 Å². The van der Waals surface area contributed by atoms with Crippen molar-refractivity contribution in [3.8, 4) is 11.6 Å². The Bertz CT molecular complexity index is 465. The highest BCUT2D eigenvalue weighted by atomic mass is 15.2. The van der Waals surface area contributed by atoms with E-state index in [9.17, 15) is 0 Å². The van der Waals surface area contributed by atoms with Gasteiger partial charge in [0.05, 0.1) is 0 Å². The molecule has 0 saturated carbocycles. The van der Waals surface area contributed by atoms with Gasteiger partial charge >= 0.3 is 0 Å². The first-order valence-electron chi connectivity index (χ1n) is 5.81. The number of H-pyrrole nitrogens is 1. The Morgan fingerprint density at radius 3 is 2.82 bits per heavy atom. The van der Waals surface area contributed by atoms with E-state index in [1.54, 1.807) is 0 Å². The molecule has 6 heteroatoms. The summed E-state index contributed by atoms with van der Waals surface area (Å²) in [5.74, 6) is 2.02. The Hall–Kier alpha value is -1.98. The standard InChI is InChI=1S/C11H16N6/c1-3-5-12-9-6-8(4-2)15-11(16-9)10-13-7-14-17-10/h6-7H,3-5H2,1-2H3,(H,12,15,16)(H,13,14,17). The molecule has 0 radical (unpaired) electrons. The summed E-state index contributed by atoms with van der Waals surface area (Å²) < 4.78 is 0. The van der Waals surface area contributed by atoms with Crippen molar-refractivity contribution in [2.45, 2.75) is 26.7 Å². The molecule has 0 aliphatic carbocycles. The largest absolute Gasteiger partial charge is 0.370 e. The van der Waals surface area contributed by atoms with Crippen LogP contribution in [-0.4, -0.2) is 31.7 Å². The van der Waals surface area contributed by atoms with Crippen molar-refractivity contribution in [1.82, 2.24) is 25.1 Å². The maximum atomic E-state index is 4.42. The summed E-state index contributed by atoms with van der Waals surface area (Å²) in [5, 5.41) is 9.84. The highest BCUT2D eigenvalue weighted by Crippen LogP contribution is 2.14. The third-order valence-electron chi connectivity index (χ3n) is 2.32. The molecule has 2 aromatic rings. The first kappa shape index (κ1) is 11.5. The molecule has 0 aromatic carbocycles. The second kappa shape index (κ2) is 5.38. The van der Waals surface area contributed by atoms with Gasteiger partial charge in [-0.2, -0.15) is 5.10 Å². The third kappa shape index (κ3) is 2.77. The lowest BCUT2D eigenvalue weighted by molar-refractivity contribution is 0.944. The number of aryl methyl sites for hydroxylation is 1. The predicted molar refractivity (Wildman–Crippen MR) is 65.6 cm³/mol. The predicted octanol–water partition coefficient (Wildman–Crippen LogP) is 1.65. The van der Waals surface area contributed by atoms with Crippen LogP contribution in [0.25, 0.3) is 11.6 Å². The van der Waals surface area contributed by atoms with E-state index in [-0.39, 0.29) is 0 Å². The van der Waals surface area contributed by atoms with Crippen molar-refractivity contribution >= 4 is 5.82 Å². The highest BCUT2D eigenvalue weighted by molar-refractivity contribution is 5.48. The van der Waals surface area contributed by atoms with Crippen molar-refractivity contribution in [2.24, 2.45) is 0 Å². The first-order valence-corrected chi connectivity index (χ1v) is 5.81. The van der Waals surface area contributed by atoms with Crippen molar-refractivity contribution in [3.63, 3.8) is 0 Å². The van der Waals surface area contributed by atoms with Crippen LogP contribution in [0, 0.1) is 0 Å². The number of aromatic nitrogens is 5. The molecule has 0 amide bonds. The molecule has 90 valence electrons. The second-order valence-corrected chi connectivity index (χ2v) is 3.68. The molecule has 2 N–H and O–H groups in total. The molecule has 0 unspecified atom stereocenters. The smallest absolute Gasteiger partial charge is 0.199 e. The van der Waals surface area contributed by atoms with Gasteiger partial charge in [0.2, 0.25) is 0 Å². The maximum Gasteiger partial charge on any atom is 0.199 e. The molecule has 0 aliphatic rings. The van der Waals surface area contributed by atoms with Gasteiger partial charge in [-0.25, -0.2) is 15.0 Å². The quantitative estimate of drug-likeness (QED) is 0.819. The summed E-state index contributed by atoms with van der Waals surface area (Å²) in [5.41, 5.74) is 0.991. The minimum atomic E-state index is 0.584. The molecule has 0 atom stereocenters. The van der Waals surface area contributed by atoms with Crippen LogP contribution in [-0.2, 0) is 6.42 Å². The van der Waals surface area contributed by atoms with E-state index in [1.165, 1.54) is 6.33 Å². The number of nitrogens with zero attached hydrogens (tertiary/aromatic N) is 4. The molecule has 6 nitrogen and oxygen atoms in total. The van der Waals surface area contributed by atoms with Gasteiger partial charge in [0, 0.05) is 18.3 Å². The van der Waals surface area contributed by atoms with Gasteiger partial charge in [-0.15, -0.1) is 0 Å². The van der Waals surface area contributed by atoms with Crippen molar-refractivity contribution in [3.05, 3.63) is 18.1 Å². The normalized spacial score (nSPS) is 10.5. The van der Waals surface area contributed by atoms with Gasteiger partial charge in [-0.1, -0.05) is 13.8 Å². The molecule has 0 saturated heterocycles. The Kier molecular flexibility index (Phi) is 3.64. The zero-order chi connectivity index (χ0) is 12.1. The zero-order valence-corrected chi connectivity index (χ0v) is 10.1. The van der Waals surface area contributed by atoms with Gasteiger partial charge in [0.1, 0.15) is 12.1 Å². The summed E-state index contributed by atoms with van der Waals surface area (Å²) in [6.07, 6.45) is 3.38. The monoisotopic (exact) mass is 232 g/mol. The number of rotatable bonds is 5. The molecule has 2 rings (SSSR count). The van der Waals surface area contributed by atoms with Crippen LogP contribution in [0.15, 0.2) is 12.4 Å². The molecule has 2 aromatic heterocycles. The summed E-state index contributed by atoms with van der Waals surface area (Å²) in [6, 6.07) is 1.97. The maximum absolute atomic E-state index is 4.42. The number of hydrogen-bond acceptors (Lipinski definition) is 5. The molecule has 2 heterocycles. The van der Waals surface area contributed by atoms with E-state index in [4.69, 9.17) is 0 Å². The van der Waals surface area contributed by atoms with Gasteiger partial charge in [-0.3, -0.25) is 5.10 Å². The Morgan fingerprint density at radius 1 is 1.29 bits per heavy atom. The molecule has 0 fully saturated rings. The minimum absolute atomic E-state index is 0.584. The number of nitrogens with one attached hydrogen (secondary N) is 2. The lowest BCUT2D eigenvalue weighted by atomic mass is 10.3. The van der Waals surface area contributed by atoms with E-state index in [0.717, 1.165) is 30.9 Å². The van der Waals surface area contributed by atoms with Crippen LogP contribution >= 0.6 is 0 Å². The summed E-state index contributed by atoms with van der Waals surface area (Å²) in [6.45, 7) is 5.08. The summed E-state index contributed by atoms with van der Waals surface area (Å²) >= 11 is 0. The fourth-order valence-corrected chi connectivity index (χ4v) is 1.44. The third-order valence-corrected chi connectivity index (χ3v) is 2.32. The highest BCUT2D eigenvalue weighted by Gasteiger charge is 2.08. The Balaban J connectivity index is 2.32. The minimum Gasteiger partial charge on any atom is -0.370 e. The molecule has 0 aliphatic heterocycles. The fourth-order valence-electron chi connectivity index (χ4n) is 1.44. The molecule has 17 heavy (non-hydrogen) atoms. The fraction of sp³-hybridized carbons (Fsp3) is 0.455. The zero-order valence-electron chi connectivity index (χ0n) is 10.1. The molecule has 0 spiro atoms.